The van der Waals surface area contributed by atoms with Gasteiger partial charge >= 0.3 is 0 Å². The number of carbonyl (C=O) groups is 1. The van der Waals surface area contributed by atoms with Crippen LogP contribution in [0.15, 0.2) is 103 Å². The first kappa shape index (κ1) is 31.3. The van der Waals surface area contributed by atoms with Gasteiger partial charge < -0.3 is 16.5 Å². The molecule has 1 amide bonds. The first-order valence-corrected chi connectivity index (χ1v) is 12.0. The number of aromatic nitrogens is 1. The maximum Gasteiger partial charge on any atom is 0.249 e. The molecule has 0 atom stereocenters. The van der Waals surface area contributed by atoms with Crippen molar-refractivity contribution < 1.29 is 4.79 Å². The molecule has 0 aliphatic carbocycles. The minimum Gasteiger partial charge on any atom is -0.398 e. The van der Waals surface area contributed by atoms with Crippen LogP contribution < -0.4 is 11.1 Å². The van der Waals surface area contributed by atoms with Gasteiger partial charge in [0.2, 0.25) is 5.91 Å². The zero-order valence-corrected chi connectivity index (χ0v) is 22.1. The Hall–Kier alpha value is -4.78. The largest absolute Gasteiger partial charge is 0.398 e. The summed E-state index contributed by atoms with van der Waals surface area (Å²) >= 11 is 0. The maximum absolute atomic E-state index is 11.3. The van der Waals surface area contributed by atoms with Crippen LogP contribution in [0.4, 0.5) is 5.69 Å². The minimum atomic E-state index is -0.631. The van der Waals surface area contributed by atoms with E-state index in [1.807, 2.05) is 13.0 Å². The highest BCUT2D eigenvalue weighted by atomic mass is 16.1. The van der Waals surface area contributed by atoms with E-state index in [1.54, 1.807) is 43.5 Å². The monoisotopic (exact) mass is 509 g/mol. The number of hydrogen-bond donors (Lipinski definition) is 3. The number of anilines is 1. The lowest BCUT2D eigenvalue weighted by atomic mass is 10.1. The Labute approximate surface area is 224 Å². The molecule has 0 aliphatic rings. The van der Waals surface area contributed by atoms with Crippen LogP contribution in [0.3, 0.4) is 0 Å². The van der Waals surface area contributed by atoms with Crippen molar-refractivity contribution in [2.45, 2.75) is 33.9 Å². The third-order valence-electron chi connectivity index (χ3n) is 4.74. The van der Waals surface area contributed by atoms with Gasteiger partial charge in [0.05, 0.1) is 5.52 Å². The minimum absolute atomic E-state index is 0.295. The van der Waals surface area contributed by atoms with Gasteiger partial charge in [-0.3, -0.25) is 9.78 Å². The van der Waals surface area contributed by atoms with E-state index in [0.29, 0.717) is 16.8 Å². The van der Waals surface area contributed by atoms with E-state index in [2.05, 4.69) is 82.4 Å². The molecule has 8 nitrogen and oxygen atoms in total. The van der Waals surface area contributed by atoms with E-state index in [9.17, 15) is 4.79 Å². The summed E-state index contributed by atoms with van der Waals surface area (Å²) in [5.41, 5.74) is 19.4. The number of fused-ring (bicyclic) bond motifs is 1. The normalized spacial score (nSPS) is 9.13. The number of nitrogens with two attached hydrogens (primary N) is 1. The van der Waals surface area contributed by atoms with Gasteiger partial charge in [0.1, 0.15) is 0 Å². The van der Waals surface area contributed by atoms with E-state index < -0.39 is 5.91 Å². The number of aryl methyl sites for hydroxylation is 1. The van der Waals surface area contributed by atoms with E-state index in [-0.39, 0.29) is 0 Å². The summed E-state index contributed by atoms with van der Waals surface area (Å²) in [6.45, 7) is 10.9. The number of hydrogen-bond acceptors (Lipinski definition) is 5. The third kappa shape index (κ3) is 11.8. The van der Waals surface area contributed by atoms with E-state index in [0.717, 1.165) is 18.5 Å². The average Bonchev–Trinajstić information content (AvgIpc) is 2.91. The van der Waals surface area contributed by atoms with Crippen LogP contribution in [0.2, 0.25) is 0 Å². The second-order valence-electron chi connectivity index (χ2n) is 7.90. The molecule has 0 spiro atoms. The Morgan fingerprint density at radius 3 is 2.32 bits per heavy atom. The first-order valence-electron chi connectivity index (χ1n) is 12.0. The van der Waals surface area contributed by atoms with Crippen molar-refractivity contribution >= 4 is 28.7 Å². The highest BCUT2D eigenvalue weighted by molar-refractivity contribution is 6.00. The topological polar surface area (TPSA) is 141 Å². The van der Waals surface area contributed by atoms with Crippen molar-refractivity contribution in [1.29, 1.82) is 5.41 Å². The van der Waals surface area contributed by atoms with Crippen LogP contribution in [0.25, 0.3) is 21.3 Å². The fourth-order valence-corrected chi connectivity index (χ4v) is 3.17. The first-order chi connectivity index (χ1) is 18.4. The predicted molar refractivity (Wildman–Crippen MR) is 158 cm³/mol. The van der Waals surface area contributed by atoms with E-state index in [4.69, 9.17) is 16.7 Å². The fourth-order valence-electron chi connectivity index (χ4n) is 3.17. The van der Waals surface area contributed by atoms with Crippen LogP contribution in [0.1, 0.15) is 40.9 Å². The second-order valence-corrected chi connectivity index (χ2v) is 7.90. The lowest BCUT2D eigenvalue weighted by Crippen LogP contribution is -2.12. The molecule has 0 unspecified atom stereocenters. The molecule has 0 bridgehead atoms. The molecule has 1 heterocycles. The van der Waals surface area contributed by atoms with Crippen LogP contribution in [0.5, 0.6) is 0 Å². The highest BCUT2D eigenvalue weighted by Gasteiger charge is 2.05. The van der Waals surface area contributed by atoms with Gasteiger partial charge in [-0.1, -0.05) is 78.4 Å². The Morgan fingerprint density at radius 1 is 1.05 bits per heavy atom. The molecule has 0 fully saturated rings. The van der Waals surface area contributed by atoms with Gasteiger partial charge in [0.15, 0.2) is 0 Å². The van der Waals surface area contributed by atoms with Gasteiger partial charge in [-0.25, -0.2) is 0 Å². The van der Waals surface area contributed by atoms with Crippen molar-refractivity contribution in [2.24, 2.45) is 5.11 Å². The smallest absolute Gasteiger partial charge is 0.249 e. The zero-order chi connectivity index (χ0) is 28.2. The molecule has 4 aromatic rings. The summed E-state index contributed by atoms with van der Waals surface area (Å²) in [5, 5.41) is 13.3. The molecular weight excluding hydrogens is 474 g/mol. The average molecular weight is 510 g/mol. The summed E-state index contributed by atoms with van der Waals surface area (Å²) in [5.74, 6) is -0.631. The Bertz CT molecular complexity index is 1340. The van der Waals surface area contributed by atoms with Crippen LogP contribution in [0, 0.1) is 12.3 Å². The zero-order valence-electron chi connectivity index (χ0n) is 22.1. The summed E-state index contributed by atoms with van der Waals surface area (Å²) in [6.07, 6.45) is 4.56. The Kier molecular flexibility index (Phi) is 15.2. The number of nitrogens with zero attached hydrogens (tertiary/aromatic N) is 4. The van der Waals surface area contributed by atoms with Crippen molar-refractivity contribution in [2.75, 3.05) is 5.73 Å². The van der Waals surface area contributed by atoms with Crippen molar-refractivity contribution in [3.63, 3.8) is 0 Å². The van der Waals surface area contributed by atoms with E-state index >= 15 is 0 Å². The lowest BCUT2D eigenvalue weighted by Gasteiger charge is -2.05. The SMILES string of the molecule is C=CC.CC=N.Cc1cccc(CNCc2ccccc2)c1.[N-]=[N+]=NC(=O)c1ccc2c(N)ccnc2c1. The van der Waals surface area contributed by atoms with Crippen molar-refractivity contribution in [3.8, 4) is 0 Å². The van der Waals surface area contributed by atoms with Crippen molar-refractivity contribution in [1.82, 2.24) is 10.3 Å². The van der Waals surface area contributed by atoms with Crippen LogP contribution in [-0.4, -0.2) is 17.1 Å². The van der Waals surface area contributed by atoms with Crippen molar-refractivity contribution in [3.05, 3.63) is 130 Å². The number of amides is 1. The lowest BCUT2D eigenvalue weighted by molar-refractivity contribution is 0.100. The number of carbonyl (C=O) groups excluding carboxylic acids is 1. The molecule has 0 aliphatic heterocycles. The van der Waals surface area contributed by atoms with Gasteiger partial charge in [0.25, 0.3) is 0 Å². The predicted octanol–water partition coefficient (Wildman–Crippen LogP) is 7.40. The number of allylic oxidation sites excluding steroid dienone is 1. The summed E-state index contributed by atoms with van der Waals surface area (Å²) in [7, 11) is 0. The molecule has 4 rings (SSSR count). The van der Waals surface area contributed by atoms with E-state index in [1.165, 1.54) is 22.9 Å². The number of nitrogens with one attached hydrogen (secondary N) is 2. The molecule has 38 heavy (non-hydrogen) atoms. The molecule has 1 aromatic heterocycles. The number of rotatable bonds is 5. The summed E-state index contributed by atoms with van der Waals surface area (Å²) < 4.78 is 0. The quantitative estimate of drug-likeness (QED) is 0.0847. The molecular formula is C30H35N7O. The molecule has 3 aromatic carbocycles. The second kappa shape index (κ2) is 18.5. The Balaban J connectivity index is 0.000000315. The van der Waals surface area contributed by atoms with Gasteiger partial charge in [-0.2, -0.15) is 0 Å². The number of nitrogen functional groups attached to an aromatic ring is 1. The molecule has 4 N–H and O–H groups in total. The number of azide groups is 1. The number of benzene rings is 3. The molecule has 0 radical (unpaired) electrons. The molecule has 0 saturated heterocycles. The summed E-state index contributed by atoms with van der Waals surface area (Å²) in [6, 6.07) is 25.5. The standard InChI is InChI=1S/C15H17N.C10H7N5O.C3H6.C2H5N/c1-13-6-5-9-15(10-13)12-16-11-14-7-3-2-4-8-14;11-8-3-4-13-9-5-6(1-2-7(8)9)10(16)14-15-12;1-3-2;1-2-3/h2-10,16H,11-12H2,1H3;1-5H,(H2,11,13);3H,1H2,2H3;2-3H,1H3. The Morgan fingerprint density at radius 2 is 1.68 bits per heavy atom. The molecule has 196 valence electrons. The molecule has 8 heteroatoms. The van der Waals surface area contributed by atoms with Gasteiger partial charge in [-0.05, 0) is 60.9 Å². The molecule has 0 saturated carbocycles. The summed E-state index contributed by atoms with van der Waals surface area (Å²) in [4.78, 5) is 17.8. The maximum atomic E-state index is 11.3. The third-order valence-corrected chi connectivity index (χ3v) is 4.74. The van der Waals surface area contributed by atoms with Crippen LogP contribution in [-0.2, 0) is 13.1 Å². The van der Waals surface area contributed by atoms with Crippen LogP contribution >= 0.6 is 0 Å². The van der Waals surface area contributed by atoms with Gasteiger partial charge in [-0.15, -0.1) is 6.58 Å². The fraction of sp³-hybridized carbons (Fsp3) is 0.167. The highest BCUT2D eigenvalue weighted by Crippen LogP contribution is 2.20. The van der Waals surface area contributed by atoms with Gasteiger partial charge in [0, 0.05) is 40.8 Å². The number of pyridine rings is 1.